The van der Waals surface area contributed by atoms with E-state index in [4.69, 9.17) is 23.2 Å². The van der Waals surface area contributed by atoms with Gasteiger partial charge in [-0.05, 0) is 43.7 Å². The lowest BCUT2D eigenvalue weighted by molar-refractivity contribution is -0.143. The summed E-state index contributed by atoms with van der Waals surface area (Å²) in [4.78, 5) is 27.4. The van der Waals surface area contributed by atoms with E-state index in [-0.39, 0.29) is 11.8 Å². The molecule has 124 valence electrons. The van der Waals surface area contributed by atoms with Crippen LogP contribution in [0.5, 0.6) is 0 Å². The molecule has 0 spiro atoms. The van der Waals surface area contributed by atoms with Crippen molar-refractivity contribution in [3.05, 3.63) is 28.2 Å². The lowest BCUT2D eigenvalue weighted by Crippen LogP contribution is -2.46. The highest BCUT2D eigenvalue weighted by Gasteiger charge is 2.58. The summed E-state index contributed by atoms with van der Waals surface area (Å²) in [5.74, 6) is 0.144. The SMILES string of the molecule is CC1CCCN(C(=O)C2(C(=O)Nc3c(Cl)cccc3Cl)CC2)C1. The third-order valence-electron chi connectivity index (χ3n) is 4.74. The highest BCUT2D eigenvalue weighted by atomic mass is 35.5. The minimum atomic E-state index is -0.931. The summed E-state index contributed by atoms with van der Waals surface area (Å²) in [6.45, 7) is 3.62. The first-order valence-electron chi connectivity index (χ1n) is 7.99. The molecule has 0 aromatic heterocycles. The third kappa shape index (κ3) is 3.20. The molecule has 1 aromatic rings. The summed E-state index contributed by atoms with van der Waals surface area (Å²) in [5.41, 5.74) is -0.550. The van der Waals surface area contributed by atoms with Gasteiger partial charge in [0.1, 0.15) is 5.41 Å². The van der Waals surface area contributed by atoms with Crippen molar-refractivity contribution in [1.29, 1.82) is 0 Å². The van der Waals surface area contributed by atoms with Gasteiger partial charge in [-0.2, -0.15) is 0 Å². The molecule has 1 saturated carbocycles. The lowest BCUT2D eigenvalue weighted by Gasteiger charge is -2.33. The summed E-state index contributed by atoms with van der Waals surface area (Å²) in [6, 6.07) is 5.04. The standard InChI is InChI=1S/C17H20Cl2N2O2/c1-11-4-3-9-21(10-11)16(23)17(7-8-17)15(22)20-14-12(18)5-2-6-13(14)19/h2,5-6,11H,3-4,7-10H2,1H3,(H,20,22). The number of rotatable bonds is 3. The molecule has 1 aliphatic carbocycles. The molecule has 3 rings (SSSR count). The predicted molar refractivity (Wildman–Crippen MR) is 91.7 cm³/mol. The molecule has 4 nitrogen and oxygen atoms in total. The van der Waals surface area contributed by atoms with Gasteiger partial charge in [-0.3, -0.25) is 9.59 Å². The summed E-state index contributed by atoms with van der Waals surface area (Å²) in [6.07, 6.45) is 3.31. The van der Waals surface area contributed by atoms with E-state index in [1.807, 2.05) is 4.90 Å². The van der Waals surface area contributed by atoms with Crippen molar-refractivity contribution >= 4 is 40.7 Å². The zero-order valence-electron chi connectivity index (χ0n) is 13.1. The number of hydrogen-bond acceptors (Lipinski definition) is 2. The van der Waals surface area contributed by atoms with Crippen molar-refractivity contribution in [3.63, 3.8) is 0 Å². The van der Waals surface area contributed by atoms with Gasteiger partial charge in [0.05, 0.1) is 15.7 Å². The molecule has 0 bridgehead atoms. The Morgan fingerprint density at radius 1 is 1.26 bits per heavy atom. The van der Waals surface area contributed by atoms with Gasteiger partial charge < -0.3 is 10.2 Å². The van der Waals surface area contributed by atoms with Crippen LogP contribution in [0.25, 0.3) is 0 Å². The molecule has 6 heteroatoms. The molecule has 2 aliphatic rings. The van der Waals surface area contributed by atoms with Gasteiger partial charge in [-0.15, -0.1) is 0 Å². The Bertz CT molecular complexity index is 623. The van der Waals surface area contributed by atoms with E-state index in [0.717, 1.165) is 25.9 Å². The first kappa shape index (κ1) is 16.6. The van der Waals surface area contributed by atoms with E-state index in [2.05, 4.69) is 12.2 Å². The number of nitrogens with zero attached hydrogens (tertiary/aromatic N) is 1. The van der Waals surface area contributed by atoms with E-state index < -0.39 is 5.41 Å². The van der Waals surface area contributed by atoms with E-state index in [0.29, 0.717) is 34.5 Å². The number of halogens is 2. The molecule has 23 heavy (non-hydrogen) atoms. The molecule has 1 unspecified atom stereocenters. The zero-order chi connectivity index (χ0) is 16.6. The maximum Gasteiger partial charge on any atom is 0.240 e. The molecule has 1 saturated heterocycles. The van der Waals surface area contributed by atoms with Gasteiger partial charge in [-0.1, -0.05) is 36.2 Å². The van der Waals surface area contributed by atoms with Crippen LogP contribution in [-0.2, 0) is 9.59 Å². The van der Waals surface area contributed by atoms with Gasteiger partial charge in [0.2, 0.25) is 11.8 Å². The Balaban J connectivity index is 1.75. The van der Waals surface area contributed by atoms with Crippen molar-refractivity contribution in [1.82, 2.24) is 4.90 Å². The topological polar surface area (TPSA) is 49.4 Å². The molecule has 1 aromatic carbocycles. The molecule has 1 heterocycles. The Morgan fingerprint density at radius 3 is 2.48 bits per heavy atom. The van der Waals surface area contributed by atoms with Crippen LogP contribution in [0.3, 0.4) is 0 Å². The largest absolute Gasteiger partial charge is 0.342 e. The van der Waals surface area contributed by atoms with Crippen molar-refractivity contribution in [2.45, 2.75) is 32.6 Å². The number of carbonyl (C=O) groups excluding carboxylic acids is 2. The van der Waals surface area contributed by atoms with E-state index >= 15 is 0 Å². The molecular weight excluding hydrogens is 335 g/mol. The number of anilines is 1. The fourth-order valence-corrected chi connectivity index (χ4v) is 3.68. The summed E-state index contributed by atoms with van der Waals surface area (Å²) in [5, 5.41) is 3.51. The Hall–Kier alpha value is -1.26. The molecule has 0 radical (unpaired) electrons. The molecule has 2 amide bonds. The number of carbonyl (C=O) groups is 2. The molecule has 1 N–H and O–H groups in total. The van der Waals surface area contributed by atoms with Crippen LogP contribution >= 0.6 is 23.2 Å². The smallest absolute Gasteiger partial charge is 0.240 e. The maximum absolute atomic E-state index is 12.8. The first-order chi connectivity index (χ1) is 10.9. The van der Waals surface area contributed by atoms with E-state index in [1.165, 1.54) is 0 Å². The van der Waals surface area contributed by atoms with Gasteiger partial charge in [-0.25, -0.2) is 0 Å². The fourth-order valence-electron chi connectivity index (χ4n) is 3.19. The summed E-state index contributed by atoms with van der Waals surface area (Å²) < 4.78 is 0. The highest BCUT2D eigenvalue weighted by Crippen LogP contribution is 2.49. The minimum absolute atomic E-state index is 0.0512. The number of piperidine rings is 1. The molecular formula is C17H20Cl2N2O2. The summed E-state index contributed by atoms with van der Waals surface area (Å²) in [7, 11) is 0. The normalized spacial score (nSPS) is 22.6. The molecule has 2 fully saturated rings. The number of likely N-dealkylation sites (tertiary alicyclic amines) is 1. The zero-order valence-corrected chi connectivity index (χ0v) is 14.6. The Kier molecular flexibility index (Phi) is 4.56. The molecule has 1 atom stereocenters. The maximum atomic E-state index is 12.8. The quantitative estimate of drug-likeness (QED) is 0.834. The van der Waals surface area contributed by atoms with Crippen LogP contribution in [0.1, 0.15) is 32.6 Å². The summed E-state index contributed by atoms with van der Waals surface area (Å²) >= 11 is 12.2. The van der Waals surface area contributed by atoms with Crippen molar-refractivity contribution in [3.8, 4) is 0 Å². The Labute approximate surface area is 146 Å². The number of nitrogens with one attached hydrogen (secondary N) is 1. The number of amides is 2. The van der Waals surface area contributed by atoms with Crippen molar-refractivity contribution in [2.24, 2.45) is 11.3 Å². The number of para-hydroxylation sites is 1. The van der Waals surface area contributed by atoms with Gasteiger partial charge in [0, 0.05) is 13.1 Å². The second kappa shape index (κ2) is 6.33. The van der Waals surface area contributed by atoms with Crippen LogP contribution < -0.4 is 5.32 Å². The predicted octanol–water partition coefficient (Wildman–Crippen LogP) is 3.97. The highest BCUT2D eigenvalue weighted by molar-refractivity contribution is 6.40. The average Bonchev–Trinajstić information content (AvgIpc) is 3.32. The van der Waals surface area contributed by atoms with Gasteiger partial charge in [0.25, 0.3) is 0 Å². The lowest BCUT2D eigenvalue weighted by atomic mass is 9.96. The van der Waals surface area contributed by atoms with Crippen molar-refractivity contribution < 1.29 is 9.59 Å². The Morgan fingerprint density at radius 2 is 1.91 bits per heavy atom. The van der Waals surface area contributed by atoms with Crippen LogP contribution in [0.15, 0.2) is 18.2 Å². The van der Waals surface area contributed by atoms with Gasteiger partial charge in [0.15, 0.2) is 0 Å². The second-order valence-corrected chi connectivity index (χ2v) is 7.45. The number of benzene rings is 1. The second-order valence-electron chi connectivity index (χ2n) is 6.63. The van der Waals surface area contributed by atoms with Gasteiger partial charge >= 0.3 is 0 Å². The minimum Gasteiger partial charge on any atom is -0.342 e. The van der Waals surface area contributed by atoms with Crippen molar-refractivity contribution in [2.75, 3.05) is 18.4 Å². The van der Waals surface area contributed by atoms with E-state index in [1.54, 1.807) is 18.2 Å². The number of hydrogen-bond donors (Lipinski definition) is 1. The van der Waals surface area contributed by atoms with Crippen LogP contribution in [-0.4, -0.2) is 29.8 Å². The average molecular weight is 355 g/mol. The van der Waals surface area contributed by atoms with Crippen LogP contribution in [0.2, 0.25) is 10.0 Å². The monoisotopic (exact) mass is 354 g/mol. The van der Waals surface area contributed by atoms with Crippen LogP contribution in [0, 0.1) is 11.3 Å². The van der Waals surface area contributed by atoms with E-state index in [9.17, 15) is 9.59 Å². The van der Waals surface area contributed by atoms with Crippen LogP contribution in [0.4, 0.5) is 5.69 Å². The fraction of sp³-hybridized carbons (Fsp3) is 0.529. The third-order valence-corrected chi connectivity index (χ3v) is 5.37. The molecule has 1 aliphatic heterocycles. The first-order valence-corrected chi connectivity index (χ1v) is 8.74.